The van der Waals surface area contributed by atoms with E-state index in [1.165, 1.54) is 11.0 Å². The SMILES string of the molecule is C=CCC1(C(=O)C=C)CCN(C(=O)O)CC1. The molecule has 0 aromatic rings. The summed E-state index contributed by atoms with van der Waals surface area (Å²) in [5.74, 6) is -0.00237. The minimum absolute atomic E-state index is 0.00237. The summed E-state index contributed by atoms with van der Waals surface area (Å²) in [5.41, 5.74) is -0.477. The number of likely N-dealkylation sites (tertiary alicyclic amines) is 1. The molecular weight excluding hydrogens is 206 g/mol. The minimum Gasteiger partial charge on any atom is -0.465 e. The average molecular weight is 223 g/mol. The number of hydrogen-bond acceptors (Lipinski definition) is 2. The zero-order valence-electron chi connectivity index (χ0n) is 9.32. The van der Waals surface area contributed by atoms with Crippen molar-refractivity contribution in [1.29, 1.82) is 0 Å². The van der Waals surface area contributed by atoms with E-state index in [0.29, 0.717) is 32.4 Å². The predicted octanol–water partition coefficient (Wildman–Crippen LogP) is 2.08. The molecule has 1 rings (SSSR count). The standard InChI is InChI=1S/C12H17NO3/c1-3-5-12(10(14)4-2)6-8-13(9-7-12)11(15)16/h3-4H,1-2,5-9H2,(H,15,16). The Labute approximate surface area is 95.2 Å². The highest BCUT2D eigenvalue weighted by Gasteiger charge is 2.39. The van der Waals surface area contributed by atoms with Crippen LogP contribution < -0.4 is 0 Å². The van der Waals surface area contributed by atoms with Gasteiger partial charge >= 0.3 is 6.09 Å². The number of carbonyl (C=O) groups excluding carboxylic acids is 1. The number of allylic oxidation sites excluding steroid dienone is 2. The van der Waals surface area contributed by atoms with Gasteiger partial charge in [-0.25, -0.2) is 4.79 Å². The molecule has 0 bridgehead atoms. The summed E-state index contributed by atoms with van der Waals surface area (Å²) in [4.78, 5) is 23.9. The van der Waals surface area contributed by atoms with Crippen LogP contribution in [-0.2, 0) is 4.79 Å². The van der Waals surface area contributed by atoms with Crippen molar-refractivity contribution in [2.75, 3.05) is 13.1 Å². The van der Waals surface area contributed by atoms with Gasteiger partial charge < -0.3 is 10.0 Å². The van der Waals surface area contributed by atoms with Crippen LogP contribution in [-0.4, -0.2) is 35.0 Å². The van der Waals surface area contributed by atoms with Gasteiger partial charge in [0.2, 0.25) is 0 Å². The molecule has 1 saturated heterocycles. The van der Waals surface area contributed by atoms with Gasteiger partial charge in [-0.15, -0.1) is 6.58 Å². The maximum atomic E-state index is 11.8. The van der Waals surface area contributed by atoms with E-state index < -0.39 is 11.5 Å². The molecular formula is C12H17NO3. The molecule has 0 saturated carbocycles. The predicted molar refractivity (Wildman–Crippen MR) is 61.3 cm³/mol. The van der Waals surface area contributed by atoms with Crippen molar-refractivity contribution in [3.05, 3.63) is 25.3 Å². The highest BCUT2D eigenvalue weighted by Crippen LogP contribution is 2.36. The Morgan fingerprint density at radius 2 is 1.88 bits per heavy atom. The number of rotatable bonds is 4. The highest BCUT2D eigenvalue weighted by molar-refractivity contribution is 5.94. The lowest BCUT2D eigenvalue weighted by molar-refractivity contribution is -0.126. The third-order valence-corrected chi connectivity index (χ3v) is 3.23. The van der Waals surface area contributed by atoms with E-state index in [2.05, 4.69) is 13.2 Å². The van der Waals surface area contributed by atoms with Crippen molar-refractivity contribution in [3.63, 3.8) is 0 Å². The summed E-state index contributed by atoms with van der Waals surface area (Å²) >= 11 is 0. The Balaban J connectivity index is 2.76. The van der Waals surface area contributed by atoms with Crippen LogP contribution in [0.5, 0.6) is 0 Å². The summed E-state index contributed by atoms with van der Waals surface area (Å²) in [6.07, 6.45) is 3.83. The molecule has 1 amide bonds. The van der Waals surface area contributed by atoms with Crippen LogP contribution in [0.25, 0.3) is 0 Å². The van der Waals surface area contributed by atoms with Gasteiger partial charge in [-0.3, -0.25) is 4.79 Å². The second-order valence-electron chi connectivity index (χ2n) is 4.11. The van der Waals surface area contributed by atoms with E-state index in [1.807, 2.05) is 0 Å². The van der Waals surface area contributed by atoms with Crippen molar-refractivity contribution < 1.29 is 14.7 Å². The summed E-state index contributed by atoms with van der Waals surface area (Å²) in [5, 5.41) is 8.83. The molecule has 0 aliphatic carbocycles. The summed E-state index contributed by atoms with van der Waals surface area (Å²) in [6, 6.07) is 0. The maximum Gasteiger partial charge on any atom is 0.407 e. The lowest BCUT2D eigenvalue weighted by Crippen LogP contribution is -2.45. The molecule has 1 heterocycles. The molecule has 0 atom stereocenters. The van der Waals surface area contributed by atoms with Gasteiger partial charge in [0.05, 0.1) is 0 Å². The number of piperidine rings is 1. The second-order valence-corrected chi connectivity index (χ2v) is 4.11. The van der Waals surface area contributed by atoms with E-state index in [4.69, 9.17) is 5.11 Å². The first-order valence-corrected chi connectivity index (χ1v) is 5.31. The number of hydrogen-bond donors (Lipinski definition) is 1. The molecule has 0 unspecified atom stereocenters. The van der Waals surface area contributed by atoms with Gasteiger partial charge in [0.15, 0.2) is 5.78 Å². The molecule has 0 aromatic heterocycles. The topological polar surface area (TPSA) is 57.6 Å². The molecule has 1 fully saturated rings. The largest absolute Gasteiger partial charge is 0.465 e. The quantitative estimate of drug-likeness (QED) is 0.586. The van der Waals surface area contributed by atoms with Gasteiger partial charge in [0.25, 0.3) is 0 Å². The minimum atomic E-state index is -0.918. The van der Waals surface area contributed by atoms with E-state index in [0.717, 1.165) is 0 Å². The van der Waals surface area contributed by atoms with Crippen molar-refractivity contribution in [3.8, 4) is 0 Å². The first-order valence-electron chi connectivity index (χ1n) is 5.31. The fourth-order valence-electron chi connectivity index (χ4n) is 2.17. The van der Waals surface area contributed by atoms with Gasteiger partial charge in [0.1, 0.15) is 0 Å². The molecule has 4 nitrogen and oxygen atoms in total. The van der Waals surface area contributed by atoms with Gasteiger partial charge in [-0.2, -0.15) is 0 Å². The first kappa shape index (κ1) is 12.5. The van der Waals surface area contributed by atoms with E-state index >= 15 is 0 Å². The van der Waals surface area contributed by atoms with Crippen LogP contribution in [0.1, 0.15) is 19.3 Å². The van der Waals surface area contributed by atoms with Crippen LogP contribution in [0.15, 0.2) is 25.3 Å². The number of carbonyl (C=O) groups is 2. The normalized spacial score (nSPS) is 18.9. The van der Waals surface area contributed by atoms with Gasteiger partial charge in [-0.1, -0.05) is 12.7 Å². The van der Waals surface area contributed by atoms with Gasteiger partial charge in [-0.05, 0) is 25.3 Å². The average Bonchev–Trinajstić information content (AvgIpc) is 2.29. The Hall–Kier alpha value is -1.58. The number of amides is 1. The Kier molecular flexibility index (Phi) is 3.88. The Bertz CT molecular complexity index is 314. The monoisotopic (exact) mass is 223 g/mol. The molecule has 0 spiro atoms. The van der Waals surface area contributed by atoms with E-state index in [1.54, 1.807) is 6.08 Å². The fraction of sp³-hybridized carbons (Fsp3) is 0.500. The van der Waals surface area contributed by atoms with Crippen LogP contribution in [0, 0.1) is 5.41 Å². The highest BCUT2D eigenvalue weighted by atomic mass is 16.4. The second kappa shape index (κ2) is 4.96. The summed E-state index contributed by atoms with van der Waals surface area (Å²) < 4.78 is 0. The van der Waals surface area contributed by atoms with Gasteiger partial charge in [0, 0.05) is 18.5 Å². The molecule has 1 N–H and O–H groups in total. The van der Waals surface area contributed by atoms with Crippen LogP contribution in [0.3, 0.4) is 0 Å². The summed E-state index contributed by atoms with van der Waals surface area (Å²) in [7, 11) is 0. The van der Waals surface area contributed by atoms with E-state index in [9.17, 15) is 9.59 Å². The molecule has 1 aliphatic rings. The van der Waals surface area contributed by atoms with Crippen LogP contribution in [0.2, 0.25) is 0 Å². The first-order chi connectivity index (χ1) is 7.55. The van der Waals surface area contributed by atoms with Crippen LogP contribution in [0.4, 0.5) is 4.79 Å². The van der Waals surface area contributed by atoms with E-state index in [-0.39, 0.29) is 5.78 Å². The number of nitrogens with zero attached hydrogens (tertiary/aromatic N) is 1. The molecule has 0 radical (unpaired) electrons. The molecule has 16 heavy (non-hydrogen) atoms. The molecule has 1 aliphatic heterocycles. The lowest BCUT2D eigenvalue weighted by Gasteiger charge is -2.38. The molecule has 88 valence electrons. The molecule has 0 aromatic carbocycles. The zero-order chi connectivity index (χ0) is 12.2. The fourth-order valence-corrected chi connectivity index (χ4v) is 2.17. The summed E-state index contributed by atoms with van der Waals surface area (Å²) in [6.45, 7) is 7.97. The smallest absolute Gasteiger partial charge is 0.407 e. The van der Waals surface area contributed by atoms with Crippen molar-refractivity contribution >= 4 is 11.9 Å². The third-order valence-electron chi connectivity index (χ3n) is 3.23. The van der Waals surface area contributed by atoms with Crippen molar-refractivity contribution in [2.45, 2.75) is 19.3 Å². The van der Waals surface area contributed by atoms with Crippen molar-refractivity contribution in [1.82, 2.24) is 4.90 Å². The number of carboxylic acid groups (broad SMARTS) is 1. The Morgan fingerprint density at radius 1 is 1.31 bits per heavy atom. The zero-order valence-corrected chi connectivity index (χ0v) is 9.32. The maximum absolute atomic E-state index is 11.8. The van der Waals surface area contributed by atoms with Crippen LogP contribution >= 0.6 is 0 Å². The number of ketones is 1. The Morgan fingerprint density at radius 3 is 2.25 bits per heavy atom. The molecule has 4 heteroatoms. The lowest BCUT2D eigenvalue weighted by atomic mass is 9.72. The van der Waals surface area contributed by atoms with Crippen molar-refractivity contribution in [2.24, 2.45) is 5.41 Å². The third kappa shape index (κ3) is 2.32.